The van der Waals surface area contributed by atoms with E-state index in [1.165, 1.54) is 38.5 Å². The monoisotopic (exact) mass is 220 g/mol. The SMILES string of the molecule is CCCC1CCC(C#N)(N2CCCC2)CC1. The van der Waals surface area contributed by atoms with Crippen LogP contribution < -0.4 is 0 Å². The van der Waals surface area contributed by atoms with Gasteiger partial charge in [-0.2, -0.15) is 5.26 Å². The molecule has 2 heteroatoms. The van der Waals surface area contributed by atoms with Crippen LogP contribution in [0.2, 0.25) is 0 Å². The Morgan fingerprint density at radius 3 is 2.38 bits per heavy atom. The maximum atomic E-state index is 9.53. The minimum Gasteiger partial charge on any atom is -0.286 e. The summed E-state index contributed by atoms with van der Waals surface area (Å²) < 4.78 is 0. The Hall–Kier alpha value is -0.550. The Bertz CT molecular complexity index is 252. The van der Waals surface area contributed by atoms with Crippen molar-refractivity contribution in [3.8, 4) is 6.07 Å². The molecule has 0 aromatic heterocycles. The quantitative estimate of drug-likeness (QED) is 0.729. The highest BCUT2D eigenvalue weighted by Crippen LogP contribution is 2.39. The smallest absolute Gasteiger partial charge is 0.109 e. The molecule has 1 aliphatic carbocycles. The lowest BCUT2D eigenvalue weighted by Crippen LogP contribution is -2.48. The first-order valence-corrected chi connectivity index (χ1v) is 6.97. The average Bonchev–Trinajstić information content (AvgIpc) is 2.85. The number of hydrogen-bond donors (Lipinski definition) is 0. The lowest BCUT2D eigenvalue weighted by atomic mass is 9.75. The zero-order valence-electron chi connectivity index (χ0n) is 10.5. The van der Waals surface area contributed by atoms with Crippen molar-refractivity contribution in [3.63, 3.8) is 0 Å². The molecule has 16 heavy (non-hydrogen) atoms. The molecule has 0 radical (unpaired) electrons. The largest absolute Gasteiger partial charge is 0.286 e. The fraction of sp³-hybridized carbons (Fsp3) is 0.929. The number of nitriles is 1. The Balaban J connectivity index is 1.95. The zero-order chi connectivity index (χ0) is 11.4. The molecule has 1 saturated carbocycles. The van der Waals surface area contributed by atoms with E-state index in [1.807, 2.05) is 0 Å². The van der Waals surface area contributed by atoms with Crippen molar-refractivity contribution in [1.82, 2.24) is 4.90 Å². The van der Waals surface area contributed by atoms with Crippen molar-refractivity contribution in [2.75, 3.05) is 13.1 Å². The molecule has 1 aliphatic heterocycles. The molecule has 2 rings (SSSR count). The topological polar surface area (TPSA) is 27.0 Å². The summed E-state index contributed by atoms with van der Waals surface area (Å²) in [5.41, 5.74) is -0.0826. The third-order valence-corrected chi connectivity index (χ3v) is 4.55. The minimum atomic E-state index is -0.0826. The van der Waals surface area contributed by atoms with E-state index < -0.39 is 0 Å². The first kappa shape index (κ1) is 11.9. The van der Waals surface area contributed by atoms with Crippen molar-refractivity contribution in [3.05, 3.63) is 0 Å². The maximum Gasteiger partial charge on any atom is 0.109 e. The summed E-state index contributed by atoms with van der Waals surface area (Å²) in [4.78, 5) is 2.47. The molecule has 2 aliphatic rings. The van der Waals surface area contributed by atoms with Crippen LogP contribution in [0.4, 0.5) is 0 Å². The van der Waals surface area contributed by atoms with Crippen LogP contribution in [0, 0.1) is 17.2 Å². The van der Waals surface area contributed by atoms with Crippen LogP contribution in [0.5, 0.6) is 0 Å². The van der Waals surface area contributed by atoms with E-state index in [0.29, 0.717) is 0 Å². The summed E-state index contributed by atoms with van der Waals surface area (Å²) in [6, 6.07) is 2.65. The molecule has 0 spiro atoms. The van der Waals surface area contributed by atoms with Crippen LogP contribution in [0.1, 0.15) is 58.3 Å². The van der Waals surface area contributed by atoms with Gasteiger partial charge >= 0.3 is 0 Å². The highest BCUT2D eigenvalue weighted by Gasteiger charge is 2.41. The molecule has 1 saturated heterocycles. The summed E-state index contributed by atoms with van der Waals surface area (Å²) in [5.74, 6) is 0.897. The molecule has 1 heterocycles. The van der Waals surface area contributed by atoms with Gasteiger partial charge in [-0.05, 0) is 57.5 Å². The average molecular weight is 220 g/mol. The number of likely N-dealkylation sites (tertiary alicyclic amines) is 1. The Morgan fingerprint density at radius 2 is 1.88 bits per heavy atom. The molecule has 0 atom stereocenters. The molecule has 0 amide bonds. The van der Waals surface area contributed by atoms with E-state index in [1.54, 1.807) is 0 Å². The van der Waals surface area contributed by atoms with Crippen LogP contribution in [0.25, 0.3) is 0 Å². The summed E-state index contributed by atoms with van der Waals surface area (Å²) in [5, 5.41) is 9.53. The molecule has 0 aromatic carbocycles. The molecular weight excluding hydrogens is 196 g/mol. The van der Waals surface area contributed by atoms with Gasteiger partial charge in [0.2, 0.25) is 0 Å². The highest BCUT2D eigenvalue weighted by atomic mass is 15.2. The standard InChI is InChI=1S/C14H24N2/c1-2-5-13-6-8-14(12-15,9-7-13)16-10-3-4-11-16/h13H,2-11H2,1H3. The molecular formula is C14H24N2. The Morgan fingerprint density at radius 1 is 1.25 bits per heavy atom. The lowest BCUT2D eigenvalue weighted by molar-refractivity contribution is 0.102. The molecule has 0 unspecified atom stereocenters. The molecule has 0 aromatic rings. The summed E-state index contributed by atoms with van der Waals surface area (Å²) >= 11 is 0. The first-order valence-electron chi connectivity index (χ1n) is 6.97. The van der Waals surface area contributed by atoms with E-state index in [-0.39, 0.29) is 5.54 Å². The second-order valence-electron chi connectivity index (χ2n) is 5.57. The third kappa shape index (κ3) is 2.25. The molecule has 2 fully saturated rings. The van der Waals surface area contributed by atoms with Crippen LogP contribution in [0.3, 0.4) is 0 Å². The summed E-state index contributed by atoms with van der Waals surface area (Å²) in [6.07, 6.45) is 10.0. The van der Waals surface area contributed by atoms with Crippen LogP contribution in [-0.2, 0) is 0 Å². The zero-order valence-corrected chi connectivity index (χ0v) is 10.5. The first-order chi connectivity index (χ1) is 7.80. The van der Waals surface area contributed by atoms with E-state index >= 15 is 0 Å². The van der Waals surface area contributed by atoms with Crippen molar-refractivity contribution >= 4 is 0 Å². The maximum absolute atomic E-state index is 9.53. The fourth-order valence-corrected chi connectivity index (χ4v) is 3.50. The van der Waals surface area contributed by atoms with E-state index in [4.69, 9.17) is 0 Å². The van der Waals surface area contributed by atoms with Crippen LogP contribution >= 0.6 is 0 Å². The van der Waals surface area contributed by atoms with Gasteiger partial charge in [0.25, 0.3) is 0 Å². The highest BCUT2D eigenvalue weighted by molar-refractivity contribution is 5.11. The number of nitrogens with zero attached hydrogens (tertiary/aromatic N) is 2. The van der Waals surface area contributed by atoms with Gasteiger partial charge in [0, 0.05) is 0 Å². The second kappa shape index (κ2) is 5.19. The Labute approximate surface area is 99.6 Å². The van der Waals surface area contributed by atoms with E-state index in [9.17, 15) is 5.26 Å². The van der Waals surface area contributed by atoms with Gasteiger partial charge in [0.15, 0.2) is 0 Å². The van der Waals surface area contributed by atoms with Gasteiger partial charge in [0.1, 0.15) is 5.54 Å². The predicted octanol–water partition coefficient (Wildman–Crippen LogP) is 3.33. The van der Waals surface area contributed by atoms with E-state index in [2.05, 4.69) is 17.9 Å². The van der Waals surface area contributed by atoms with Gasteiger partial charge in [0.05, 0.1) is 6.07 Å². The second-order valence-corrected chi connectivity index (χ2v) is 5.57. The van der Waals surface area contributed by atoms with Gasteiger partial charge in [-0.15, -0.1) is 0 Å². The molecule has 0 N–H and O–H groups in total. The van der Waals surface area contributed by atoms with Crippen LogP contribution in [-0.4, -0.2) is 23.5 Å². The number of rotatable bonds is 3. The predicted molar refractivity (Wildman–Crippen MR) is 66.0 cm³/mol. The van der Waals surface area contributed by atoms with Gasteiger partial charge in [-0.3, -0.25) is 4.90 Å². The lowest BCUT2D eigenvalue weighted by Gasteiger charge is -2.41. The van der Waals surface area contributed by atoms with Gasteiger partial charge < -0.3 is 0 Å². The summed E-state index contributed by atoms with van der Waals surface area (Å²) in [6.45, 7) is 4.59. The molecule has 2 nitrogen and oxygen atoms in total. The van der Waals surface area contributed by atoms with Gasteiger partial charge in [-0.1, -0.05) is 19.8 Å². The normalized spacial score (nSPS) is 36.1. The van der Waals surface area contributed by atoms with Crippen molar-refractivity contribution in [1.29, 1.82) is 5.26 Å². The van der Waals surface area contributed by atoms with Crippen LogP contribution in [0.15, 0.2) is 0 Å². The fourth-order valence-electron chi connectivity index (χ4n) is 3.50. The number of hydrogen-bond acceptors (Lipinski definition) is 2. The van der Waals surface area contributed by atoms with E-state index in [0.717, 1.165) is 31.8 Å². The minimum absolute atomic E-state index is 0.0826. The van der Waals surface area contributed by atoms with Crippen molar-refractivity contribution in [2.45, 2.75) is 63.8 Å². The third-order valence-electron chi connectivity index (χ3n) is 4.55. The molecule has 0 bridgehead atoms. The van der Waals surface area contributed by atoms with Crippen molar-refractivity contribution < 1.29 is 0 Å². The summed E-state index contributed by atoms with van der Waals surface area (Å²) in [7, 11) is 0. The van der Waals surface area contributed by atoms with Gasteiger partial charge in [-0.25, -0.2) is 0 Å². The van der Waals surface area contributed by atoms with Crippen molar-refractivity contribution in [2.24, 2.45) is 5.92 Å². The Kier molecular flexibility index (Phi) is 3.86. The molecule has 90 valence electrons.